The van der Waals surface area contributed by atoms with Gasteiger partial charge in [0.25, 0.3) is 0 Å². The molecular weight excluding hydrogens is 258 g/mol. The summed E-state index contributed by atoms with van der Waals surface area (Å²) in [5.41, 5.74) is 1.05. The Hall–Kier alpha value is -1.05. The van der Waals surface area contributed by atoms with Crippen LogP contribution in [0.1, 0.15) is 13.8 Å². The zero-order chi connectivity index (χ0) is 12.5. The molecule has 0 spiro atoms. The predicted molar refractivity (Wildman–Crippen MR) is 67.4 cm³/mol. The van der Waals surface area contributed by atoms with Gasteiger partial charge in [-0.2, -0.15) is 8.75 Å². The normalized spacial score (nSPS) is 12.4. The highest BCUT2D eigenvalue weighted by atomic mass is 32.2. The molecule has 0 amide bonds. The Morgan fingerprint density at radius 2 is 2.12 bits per heavy atom. The number of fused-ring (bicyclic) bond motifs is 1. The highest BCUT2D eigenvalue weighted by Crippen LogP contribution is 2.20. The van der Waals surface area contributed by atoms with E-state index in [1.165, 1.54) is 0 Å². The zero-order valence-corrected chi connectivity index (χ0v) is 11.2. The first-order valence-electron chi connectivity index (χ1n) is 5.21. The summed E-state index contributed by atoms with van der Waals surface area (Å²) in [4.78, 5) is 0.199. The Labute approximate surface area is 104 Å². The van der Waals surface area contributed by atoms with Crippen LogP contribution < -0.4 is 4.72 Å². The van der Waals surface area contributed by atoms with E-state index >= 15 is 0 Å². The lowest BCUT2D eigenvalue weighted by molar-refractivity contribution is 0.561. The molecule has 0 atom stereocenters. The lowest BCUT2D eigenvalue weighted by atomic mass is 10.2. The van der Waals surface area contributed by atoms with Crippen molar-refractivity contribution in [2.75, 3.05) is 6.54 Å². The van der Waals surface area contributed by atoms with Crippen molar-refractivity contribution in [1.82, 2.24) is 13.5 Å². The van der Waals surface area contributed by atoms with Gasteiger partial charge in [0, 0.05) is 6.54 Å². The third-order valence-electron chi connectivity index (χ3n) is 2.22. The van der Waals surface area contributed by atoms with E-state index in [4.69, 9.17) is 0 Å². The van der Waals surface area contributed by atoms with Crippen LogP contribution in [0.3, 0.4) is 0 Å². The second kappa shape index (κ2) is 4.67. The summed E-state index contributed by atoms with van der Waals surface area (Å²) >= 11 is 1.02. The summed E-state index contributed by atoms with van der Waals surface area (Å²) in [7, 11) is -3.50. The third-order valence-corrected chi connectivity index (χ3v) is 4.22. The summed E-state index contributed by atoms with van der Waals surface area (Å²) in [5.74, 6) is 0.262. The molecule has 7 heteroatoms. The number of nitrogens with zero attached hydrogens (tertiary/aromatic N) is 2. The maximum Gasteiger partial charge on any atom is 0.242 e. The minimum Gasteiger partial charge on any atom is -0.211 e. The molecule has 0 aliphatic carbocycles. The highest BCUT2D eigenvalue weighted by Gasteiger charge is 2.19. The Bertz CT molecular complexity index is 619. The molecule has 92 valence electrons. The van der Waals surface area contributed by atoms with Crippen molar-refractivity contribution in [1.29, 1.82) is 0 Å². The average molecular weight is 271 g/mol. The quantitative estimate of drug-likeness (QED) is 0.917. The monoisotopic (exact) mass is 271 g/mol. The van der Waals surface area contributed by atoms with Gasteiger partial charge in [-0.1, -0.05) is 19.9 Å². The molecule has 1 N–H and O–H groups in total. The molecule has 0 bridgehead atoms. The summed E-state index contributed by atoms with van der Waals surface area (Å²) in [6, 6.07) is 4.97. The van der Waals surface area contributed by atoms with Crippen molar-refractivity contribution in [3.05, 3.63) is 18.2 Å². The standard InChI is InChI=1S/C10H13N3O2S2/c1-7(2)6-11-17(14,15)9-5-3-4-8-10(9)13-16-12-8/h3-5,7,11H,6H2,1-2H3. The fraction of sp³-hybridized carbons (Fsp3) is 0.400. The molecule has 1 aromatic heterocycles. The van der Waals surface area contributed by atoms with Gasteiger partial charge in [0.05, 0.1) is 11.7 Å². The van der Waals surface area contributed by atoms with Crippen LogP contribution in [0.15, 0.2) is 23.1 Å². The molecule has 1 aromatic carbocycles. The van der Waals surface area contributed by atoms with Gasteiger partial charge in [-0.25, -0.2) is 13.1 Å². The van der Waals surface area contributed by atoms with Crippen LogP contribution in [0.4, 0.5) is 0 Å². The first kappa shape index (κ1) is 12.4. The molecule has 17 heavy (non-hydrogen) atoms. The Kier molecular flexibility index (Phi) is 3.41. The molecule has 0 saturated carbocycles. The van der Waals surface area contributed by atoms with Gasteiger partial charge >= 0.3 is 0 Å². The van der Waals surface area contributed by atoms with E-state index in [9.17, 15) is 8.42 Å². The van der Waals surface area contributed by atoms with Gasteiger partial charge in [-0.05, 0) is 18.1 Å². The minimum atomic E-state index is -3.50. The van der Waals surface area contributed by atoms with Gasteiger partial charge in [0.1, 0.15) is 15.9 Å². The fourth-order valence-electron chi connectivity index (χ4n) is 1.35. The maximum absolute atomic E-state index is 12.1. The number of hydrogen-bond acceptors (Lipinski definition) is 5. The van der Waals surface area contributed by atoms with Crippen molar-refractivity contribution in [2.24, 2.45) is 5.92 Å². The van der Waals surface area contributed by atoms with Crippen LogP contribution in [-0.4, -0.2) is 23.7 Å². The van der Waals surface area contributed by atoms with E-state index in [1.807, 2.05) is 13.8 Å². The molecule has 0 aliphatic heterocycles. The average Bonchev–Trinajstić information content (AvgIpc) is 2.74. The van der Waals surface area contributed by atoms with Crippen LogP contribution >= 0.6 is 11.7 Å². The molecular formula is C10H13N3O2S2. The number of benzene rings is 1. The number of rotatable bonds is 4. The van der Waals surface area contributed by atoms with Gasteiger partial charge in [0.15, 0.2) is 0 Å². The van der Waals surface area contributed by atoms with Crippen LogP contribution in [0, 0.1) is 5.92 Å². The van der Waals surface area contributed by atoms with Crippen molar-refractivity contribution in [3.63, 3.8) is 0 Å². The van der Waals surface area contributed by atoms with Crippen molar-refractivity contribution in [2.45, 2.75) is 18.7 Å². The number of hydrogen-bond donors (Lipinski definition) is 1. The fourth-order valence-corrected chi connectivity index (χ4v) is 3.33. The molecule has 2 rings (SSSR count). The molecule has 0 fully saturated rings. The van der Waals surface area contributed by atoms with E-state index in [1.54, 1.807) is 18.2 Å². The SMILES string of the molecule is CC(C)CNS(=O)(=O)c1cccc2nsnc12. The van der Waals surface area contributed by atoms with E-state index < -0.39 is 10.0 Å². The smallest absolute Gasteiger partial charge is 0.211 e. The Balaban J connectivity index is 2.42. The maximum atomic E-state index is 12.1. The van der Waals surface area contributed by atoms with Crippen molar-refractivity contribution >= 4 is 32.8 Å². The Morgan fingerprint density at radius 1 is 1.35 bits per heavy atom. The second-order valence-electron chi connectivity index (χ2n) is 4.13. The summed E-state index contributed by atoms with van der Waals surface area (Å²) in [6.07, 6.45) is 0. The summed E-state index contributed by atoms with van der Waals surface area (Å²) in [5, 5.41) is 0. The summed E-state index contributed by atoms with van der Waals surface area (Å²) < 4.78 is 34.8. The molecule has 0 aliphatic rings. The lowest BCUT2D eigenvalue weighted by Gasteiger charge is -2.08. The van der Waals surface area contributed by atoms with E-state index in [0.29, 0.717) is 17.6 Å². The molecule has 1 heterocycles. The number of aromatic nitrogens is 2. The van der Waals surface area contributed by atoms with E-state index in [0.717, 1.165) is 11.7 Å². The van der Waals surface area contributed by atoms with Crippen LogP contribution in [-0.2, 0) is 10.0 Å². The van der Waals surface area contributed by atoms with Crippen molar-refractivity contribution < 1.29 is 8.42 Å². The second-order valence-corrected chi connectivity index (χ2v) is 6.40. The minimum absolute atomic E-state index is 0.199. The Morgan fingerprint density at radius 3 is 2.82 bits per heavy atom. The van der Waals surface area contributed by atoms with Gasteiger partial charge in [-0.15, -0.1) is 0 Å². The van der Waals surface area contributed by atoms with Gasteiger partial charge < -0.3 is 0 Å². The molecule has 0 unspecified atom stereocenters. The zero-order valence-electron chi connectivity index (χ0n) is 9.54. The van der Waals surface area contributed by atoms with E-state index in [2.05, 4.69) is 13.5 Å². The van der Waals surface area contributed by atoms with Crippen LogP contribution in [0.5, 0.6) is 0 Å². The van der Waals surface area contributed by atoms with Gasteiger partial charge in [0.2, 0.25) is 10.0 Å². The number of nitrogens with one attached hydrogen (secondary N) is 1. The first-order chi connectivity index (χ1) is 8.00. The molecule has 5 nitrogen and oxygen atoms in total. The topological polar surface area (TPSA) is 72.0 Å². The number of sulfonamides is 1. The van der Waals surface area contributed by atoms with Gasteiger partial charge in [-0.3, -0.25) is 0 Å². The van der Waals surface area contributed by atoms with Crippen molar-refractivity contribution in [3.8, 4) is 0 Å². The molecule has 0 saturated heterocycles. The predicted octanol–water partition coefficient (Wildman–Crippen LogP) is 1.63. The summed E-state index contributed by atoms with van der Waals surface area (Å²) in [6.45, 7) is 4.32. The lowest BCUT2D eigenvalue weighted by Crippen LogP contribution is -2.27. The molecule has 2 aromatic rings. The highest BCUT2D eigenvalue weighted by molar-refractivity contribution is 7.89. The third kappa shape index (κ3) is 2.62. The van der Waals surface area contributed by atoms with E-state index in [-0.39, 0.29) is 10.8 Å². The van der Waals surface area contributed by atoms with Crippen LogP contribution in [0.2, 0.25) is 0 Å². The molecule has 0 radical (unpaired) electrons. The largest absolute Gasteiger partial charge is 0.242 e. The first-order valence-corrected chi connectivity index (χ1v) is 7.43. The van der Waals surface area contributed by atoms with Crippen LogP contribution in [0.25, 0.3) is 11.0 Å².